The van der Waals surface area contributed by atoms with Crippen molar-refractivity contribution in [3.05, 3.63) is 0 Å². The summed E-state index contributed by atoms with van der Waals surface area (Å²) in [4.78, 5) is 2.53. The Morgan fingerprint density at radius 1 is 1.12 bits per heavy atom. The van der Waals surface area contributed by atoms with E-state index in [-0.39, 0.29) is 5.54 Å². The maximum absolute atomic E-state index is 6.42. The van der Waals surface area contributed by atoms with Gasteiger partial charge in [0.05, 0.1) is 0 Å². The second kappa shape index (κ2) is 4.66. The Balaban J connectivity index is 1.80. The highest BCUT2D eigenvalue weighted by molar-refractivity contribution is 4.97. The van der Waals surface area contributed by atoms with Crippen molar-refractivity contribution >= 4 is 0 Å². The first-order valence-corrected chi connectivity index (χ1v) is 6.98. The molecule has 0 heterocycles. The minimum Gasteiger partial charge on any atom is -0.324 e. The minimum atomic E-state index is 0.0534. The molecular formula is C14H28N2. The summed E-state index contributed by atoms with van der Waals surface area (Å²) in [7, 11) is 2.27. The van der Waals surface area contributed by atoms with Crippen LogP contribution in [0.1, 0.15) is 52.4 Å². The lowest BCUT2D eigenvalue weighted by Crippen LogP contribution is -2.51. The predicted molar refractivity (Wildman–Crippen MR) is 69.4 cm³/mol. The van der Waals surface area contributed by atoms with Gasteiger partial charge in [0.25, 0.3) is 0 Å². The standard InChI is InChI=1S/C14H28N2/c1-11-4-8-13(9-5-11)16(3)10-14(2,15)12-6-7-12/h11-13H,4-10,15H2,1-3H3. The van der Waals surface area contributed by atoms with Crippen molar-refractivity contribution in [2.75, 3.05) is 13.6 Å². The van der Waals surface area contributed by atoms with Crippen LogP contribution in [-0.2, 0) is 0 Å². The van der Waals surface area contributed by atoms with Gasteiger partial charge in [0.1, 0.15) is 0 Å². The SMILES string of the molecule is CC1CCC(N(C)CC(C)(N)C2CC2)CC1. The van der Waals surface area contributed by atoms with E-state index in [9.17, 15) is 0 Å². The molecule has 0 spiro atoms. The number of hydrogen-bond acceptors (Lipinski definition) is 2. The van der Waals surface area contributed by atoms with Crippen LogP contribution in [0.25, 0.3) is 0 Å². The zero-order valence-electron chi connectivity index (χ0n) is 11.2. The molecule has 0 aliphatic heterocycles. The van der Waals surface area contributed by atoms with E-state index in [2.05, 4.69) is 25.8 Å². The normalized spacial score (nSPS) is 35.1. The summed E-state index contributed by atoms with van der Waals surface area (Å²) in [6, 6.07) is 0.790. The zero-order chi connectivity index (χ0) is 11.8. The maximum Gasteiger partial charge on any atom is 0.0283 e. The van der Waals surface area contributed by atoms with Gasteiger partial charge in [0.15, 0.2) is 0 Å². The molecule has 0 bridgehead atoms. The van der Waals surface area contributed by atoms with Gasteiger partial charge in [-0.3, -0.25) is 0 Å². The van der Waals surface area contributed by atoms with Gasteiger partial charge >= 0.3 is 0 Å². The fourth-order valence-electron chi connectivity index (χ4n) is 3.22. The Bertz CT molecular complexity index is 225. The van der Waals surface area contributed by atoms with Gasteiger partial charge in [0, 0.05) is 18.1 Å². The Morgan fingerprint density at radius 2 is 1.69 bits per heavy atom. The minimum absolute atomic E-state index is 0.0534. The van der Waals surface area contributed by atoms with Gasteiger partial charge in [0.2, 0.25) is 0 Å². The lowest BCUT2D eigenvalue weighted by atomic mass is 9.86. The van der Waals surface area contributed by atoms with Crippen molar-refractivity contribution in [1.82, 2.24) is 4.90 Å². The van der Waals surface area contributed by atoms with E-state index in [0.717, 1.165) is 24.4 Å². The molecule has 0 amide bonds. The molecule has 0 aromatic carbocycles. The van der Waals surface area contributed by atoms with Crippen LogP contribution >= 0.6 is 0 Å². The van der Waals surface area contributed by atoms with Crippen molar-refractivity contribution in [2.45, 2.75) is 64.0 Å². The van der Waals surface area contributed by atoms with E-state index >= 15 is 0 Å². The summed E-state index contributed by atoms with van der Waals surface area (Å²) >= 11 is 0. The van der Waals surface area contributed by atoms with Crippen molar-refractivity contribution < 1.29 is 0 Å². The number of nitrogens with zero attached hydrogens (tertiary/aromatic N) is 1. The first kappa shape index (κ1) is 12.4. The lowest BCUT2D eigenvalue weighted by molar-refractivity contribution is 0.136. The Morgan fingerprint density at radius 3 is 2.19 bits per heavy atom. The number of likely N-dealkylation sites (N-methyl/N-ethyl adjacent to an activating group) is 1. The van der Waals surface area contributed by atoms with Gasteiger partial charge in [-0.05, 0) is 64.3 Å². The molecule has 94 valence electrons. The average molecular weight is 224 g/mol. The molecule has 2 fully saturated rings. The summed E-state index contributed by atoms with van der Waals surface area (Å²) in [6.07, 6.45) is 8.25. The topological polar surface area (TPSA) is 29.3 Å². The highest BCUT2D eigenvalue weighted by Gasteiger charge is 2.39. The Labute approximate surface area is 101 Å². The smallest absolute Gasteiger partial charge is 0.0283 e. The number of nitrogens with two attached hydrogens (primary N) is 1. The molecular weight excluding hydrogens is 196 g/mol. The fraction of sp³-hybridized carbons (Fsp3) is 1.00. The van der Waals surface area contributed by atoms with Crippen LogP contribution in [0.2, 0.25) is 0 Å². The lowest BCUT2D eigenvalue weighted by Gasteiger charge is -2.38. The molecule has 2 rings (SSSR count). The third kappa shape index (κ3) is 2.98. The molecule has 16 heavy (non-hydrogen) atoms. The van der Waals surface area contributed by atoms with E-state index < -0.39 is 0 Å². The molecule has 0 saturated heterocycles. The van der Waals surface area contributed by atoms with Gasteiger partial charge < -0.3 is 10.6 Å². The molecule has 2 nitrogen and oxygen atoms in total. The van der Waals surface area contributed by atoms with Gasteiger partial charge in [-0.2, -0.15) is 0 Å². The summed E-state index contributed by atoms with van der Waals surface area (Å²) < 4.78 is 0. The van der Waals surface area contributed by atoms with Crippen molar-refractivity contribution in [1.29, 1.82) is 0 Å². The molecule has 0 aromatic heterocycles. The average Bonchev–Trinajstić information content (AvgIpc) is 3.01. The van der Waals surface area contributed by atoms with Crippen molar-refractivity contribution in [2.24, 2.45) is 17.6 Å². The van der Waals surface area contributed by atoms with Gasteiger partial charge in [-0.25, -0.2) is 0 Å². The molecule has 2 aliphatic rings. The number of rotatable bonds is 4. The van der Waals surface area contributed by atoms with Crippen LogP contribution < -0.4 is 5.73 Å². The summed E-state index contributed by atoms with van der Waals surface area (Å²) in [6.45, 7) is 5.71. The van der Waals surface area contributed by atoms with Crippen LogP contribution in [0, 0.1) is 11.8 Å². The van der Waals surface area contributed by atoms with E-state index in [1.807, 2.05) is 0 Å². The zero-order valence-corrected chi connectivity index (χ0v) is 11.2. The van der Waals surface area contributed by atoms with Gasteiger partial charge in [-0.1, -0.05) is 6.92 Å². The third-order valence-corrected chi connectivity index (χ3v) is 4.71. The maximum atomic E-state index is 6.42. The van der Waals surface area contributed by atoms with Crippen LogP contribution in [0.15, 0.2) is 0 Å². The van der Waals surface area contributed by atoms with Crippen LogP contribution in [0.3, 0.4) is 0 Å². The first-order chi connectivity index (χ1) is 7.49. The van der Waals surface area contributed by atoms with E-state index in [1.54, 1.807) is 0 Å². The first-order valence-electron chi connectivity index (χ1n) is 6.98. The second-order valence-electron chi connectivity index (χ2n) is 6.61. The Kier molecular flexibility index (Phi) is 3.60. The highest BCUT2D eigenvalue weighted by atomic mass is 15.2. The molecule has 2 aliphatic carbocycles. The molecule has 2 heteroatoms. The summed E-state index contributed by atoms with van der Waals surface area (Å²) in [5.41, 5.74) is 6.47. The highest BCUT2D eigenvalue weighted by Crippen LogP contribution is 2.39. The summed E-state index contributed by atoms with van der Waals surface area (Å²) in [5.74, 6) is 1.73. The van der Waals surface area contributed by atoms with Crippen LogP contribution in [-0.4, -0.2) is 30.1 Å². The molecule has 2 N–H and O–H groups in total. The monoisotopic (exact) mass is 224 g/mol. The van der Waals surface area contributed by atoms with Crippen molar-refractivity contribution in [3.8, 4) is 0 Å². The molecule has 0 aromatic rings. The Hall–Kier alpha value is -0.0800. The summed E-state index contributed by atoms with van der Waals surface area (Å²) in [5, 5.41) is 0. The van der Waals surface area contributed by atoms with E-state index in [0.29, 0.717) is 0 Å². The molecule has 2 saturated carbocycles. The molecule has 1 unspecified atom stereocenters. The van der Waals surface area contributed by atoms with Crippen molar-refractivity contribution in [3.63, 3.8) is 0 Å². The van der Waals surface area contributed by atoms with E-state index in [4.69, 9.17) is 5.73 Å². The van der Waals surface area contributed by atoms with Crippen LogP contribution in [0.5, 0.6) is 0 Å². The largest absolute Gasteiger partial charge is 0.324 e. The second-order valence-corrected chi connectivity index (χ2v) is 6.61. The quantitative estimate of drug-likeness (QED) is 0.795. The molecule has 1 atom stereocenters. The number of hydrogen-bond donors (Lipinski definition) is 1. The van der Waals surface area contributed by atoms with Gasteiger partial charge in [-0.15, -0.1) is 0 Å². The van der Waals surface area contributed by atoms with E-state index in [1.165, 1.54) is 38.5 Å². The fourth-order valence-corrected chi connectivity index (χ4v) is 3.22. The third-order valence-electron chi connectivity index (χ3n) is 4.71. The van der Waals surface area contributed by atoms with Crippen LogP contribution in [0.4, 0.5) is 0 Å². The molecule has 0 radical (unpaired) electrons. The predicted octanol–water partition coefficient (Wildman–Crippen LogP) is 2.62.